The summed E-state index contributed by atoms with van der Waals surface area (Å²) < 4.78 is 13.0. The van der Waals surface area contributed by atoms with E-state index in [1.807, 2.05) is 6.92 Å². The Kier molecular flexibility index (Phi) is 6.36. The zero-order valence-corrected chi connectivity index (χ0v) is 14.2. The number of piperazine rings is 1. The van der Waals surface area contributed by atoms with E-state index in [0.717, 1.165) is 30.8 Å². The second-order valence-electron chi connectivity index (χ2n) is 6.35. The Hall–Kier alpha value is -1.66. The molecule has 2 N–H and O–H groups in total. The predicted octanol–water partition coefficient (Wildman–Crippen LogP) is 1.22. The van der Waals surface area contributed by atoms with Crippen LogP contribution in [0.15, 0.2) is 18.2 Å². The maximum Gasteiger partial charge on any atom is 0.314 e. The van der Waals surface area contributed by atoms with Gasteiger partial charge in [0.05, 0.1) is 0 Å². The maximum absolute atomic E-state index is 13.0. The first kappa shape index (κ1) is 17.7. The summed E-state index contributed by atoms with van der Waals surface area (Å²) in [5, 5.41) is 5.80. The van der Waals surface area contributed by atoms with Gasteiger partial charge in [-0.2, -0.15) is 0 Å². The third-order valence-electron chi connectivity index (χ3n) is 4.46. The van der Waals surface area contributed by atoms with Crippen LogP contribution < -0.4 is 10.6 Å². The Bertz CT molecular complexity index is 537. The molecule has 0 radical (unpaired) electrons. The van der Waals surface area contributed by atoms with Crippen molar-refractivity contribution < 1.29 is 9.18 Å². The van der Waals surface area contributed by atoms with E-state index in [2.05, 4.69) is 34.5 Å². The molecule has 1 atom stereocenters. The maximum atomic E-state index is 13.0. The van der Waals surface area contributed by atoms with E-state index in [0.29, 0.717) is 25.6 Å². The molecule has 0 spiro atoms. The number of nitrogens with one attached hydrogen (secondary N) is 2. The van der Waals surface area contributed by atoms with Crippen LogP contribution in [-0.4, -0.2) is 68.7 Å². The number of hydrogen-bond acceptors (Lipinski definition) is 3. The second-order valence-corrected chi connectivity index (χ2v) is 6.35. The summed E-state index contributed by atoms with van der Waals surface area (Å²) in [6, 6.07) is 4.95. The molecule has 1 fully saturated rings. The lowest BCUT2D eigenvalue weighted by Gasteiger charge is -2.37. The molecule has 0 aliphatic carbocycles. The van der Waals surface area contributed by atoms with Gasteiger partial charge in [-0.1, -0.05) is 6.07 Å². The van der Waals surface area contributed by atoms with E-state index in [-0.39, 0.29) is 11.8 Å². The van der Waals surface area contributed by atoms with E-state index in [1.54, 1.807) is 6.07 Å². The first-order valence-electron chi connectivity index (χ1n) is 8.11. The summed E-state index contributed by atoms with van der Waals surface area (Å²) >= 11 is 0. The van der Waals surface area contributed by atoms with Crippen molar-refractivity contribution in [3.05, 3.63) is 35.1 Å². The van der Waals surface area contributed by atoms with Crippen molar-refractivity contribution in [3.63, 3.8) is 0 Å². The van der Waals surface area contributed by atoms with E-state index in [1.165, 1.54) is 12.1 Å². The van der Waals surface area contributed by atoms with Crippen molar-refractivity contribution in [2.75, 3.05) is 46.8 Å². The fourth-order valence-corrected chi connectivity index (χ4v) is 2.85. The van der Waals surface area contributed by atoms with Crippen LogP contribution in [0, 0.1) is 12.7 Å². The average molecular weight is 322 g/mol. The molecule has 0 saturated carbocycles. The van der Waals surface area contributed by atoms with Crippen LogP contribution in [0.1, 0.15) is 11.1 Å². The lowest BCUT2D eigenvalue weighted by molar-refractivity contribution is 0.114. The number of nitrogens with zero attached hydrogens (tertiary/aromatic N) is 2. The van der Waals surface area contributed by atoms with Crippen LogP contribution in [0.4, 0.5) is 9.18 Å². The molecule has 2 rings (SSSR count). The Morgan fingerprint density at radius 3 is 2.83 bits per heavy atom. The third kappa shape index (κ3) is 5.48. The molecule has 0 bridgehead atoms. The molecule has 0 unspecified atom stereocenters. The molecule has 1 saturated heterocycles. The monoisotopic (exact) mass is 322 g/mol. The van der Waals surface area contributed by atoms with Crippen molar-refractivity contribution in [1.82, 2.24) is 20.4 Å². The third-order valence-corrected chi connectivity index (χ3v) is 4.46. The SMILES string of the molecule is Cc1cc(F)ccc1CCNC(=O)NC[C@@H]1CN(C)CCN1C. The molecular formula is C17H27FN4O. The fourth-order valence-electron chi connectivity index (χ4n) is 2.85. The quantitative estimate of drug-likeness (QED) is 0.857. The van der Waals surface area contributed by atoms with Gasteiger partial charge in [-0.3, -0.25) is 4.90 Å². The molecule has 1 heterocycles. The standard InChI is InChI=1S/C17H27FN4O/c1-13-10-15(18)5-4-14(13)6-7-19-17(23)20-11-16-12-21(2)8-9-22(16)3/h4-5,10,16H,6-9,11-12H2,1-3H3,(H2,19,20,23)/t16-/m1/s1. The van der Waals surface area contributed by atoms with Crippen molar-refractivity contribution in [3.8, 4) is 0 Å². The molecule has 128 valence electrons. The summed E-state index contributed by atoms with van der Waals surface area (Å²) in [6.07, 6.45) is 0.700. The Morgan fingerprint density at radius 1 is 1.30 bits per heavy atom. The van der Waals surface area contributed by atoms with E-state index >= 15 is 0 Å². The van der Waals surface area contributed by atoms with Crippen LogP contribution in [-0.2, 0) is 6.42 Å². The molecule has 23 heavy (non-hydrogen) atoms. The minimum Gasteiger partial charge on any atom is -0.338 e. The van der Waals surface area contributed by atoms with Crippen LogP contribution in [0.25, 0.3) is 0 Å². The van der Waals surface area contributed by atoms with Gasteiger partial charge in [0.15, 0.2) is 0 Å². The van der Waals surface area contributed by atoms with Crippen molar-refractivity contribution in [1.29, 1.82) is 0 Å². The topological polar surface area (TPSA) is 47.6 Å². The van der Waals surface area contributed by atoms with Crippen LogP contribution in [0.3, 0.4) is 0 Å². The first-order valence-corrected chi connectivity index (χ1v) is 8.11. The molecule has 1 aromatic carbocycles. The van der Waals surface area contributed by atoms with Crippen molar-refractivity contribution >= 4 is 6.03 Å². The molecule has 0 aromatic heterocycles. The average Bonchev–Trinajstić information content (AvgIpc) is 2.50. The van der Waals surface area contributed by atoms with Gasteiger partial charge in [0.25, 0.3) is 0 Å². The first-order chi connectivity index (χ1) is 11.0. The number of likely N-dealkylation sites (N-methyl/N-ethyl adjacent to an activating group) is 2. The Morgan fingerprint density at radius 2 is 2.09 bits per heavy atom. The van der Waals surface area contributed by atoms with Crippen LogP contribution in [0.2, 0.25) is 0 Å². The number of amides is 2. The van der Waals surface area contributed by atoms with E-state index < -0.39 is 0 Å². The van der Waals surface area contributed by atoms with Gasteiger partial charge in [-0.05, 0) is 50.7 Å². The fraction of sp³-hybridized carbons (Fsp3) is 0.588. The van der Waals surface area contributed by atoms with Gasteiger partial charge in [-0.25, -0.2) is 9.18 Å². The van der Waals surface area contributed by atoms with Gasteiger partial charge in [0.2, 0.25) is 0 Å². The zero-order chi connectivity index (χ0) is 16.8. The summed E-state index contributed by atoms with van der Waals surface area (Å²) in [5.41, 5.74) is 1.97. The highest BCUT2D eigenvalue weighted by Gasteiger charge is 2.22. The zero-order valence-electron chi connectivity index (χ0n) is 14.2. The van der Waals surface area contributed by atoms with Gasteiger partial charge in [-0.15, -0.1) is 0 Å². The van der Waals surface area contributed by atoms with Gasteiger partial charge >= 0.3 is 6.03 Å². The summed E-state index contributed by atoms with van der Waals surface area (Å²) in [7, 11) is 4.19. The second kappa shape index (κ2) is 8.26. The van der Waals surface area contributed by atoms with Gasteiger partial charge in [0.1, 0.15) is 5.82 Å². The largest absolute Gasteiger partial charge is 0.338 e. The highest BCUT2D eigenvalue weighted by molar-refractivity contribution is 5.73. The molecule has 1 aliphatic rings. The Labute approximate surface area is 137 Å². The normalized spacial score (nSPS) is 19.6. The number of rotatable bonds is 5. The predicted molar refractivity (Wildman–Crippen MR) is 90.2 cm³/mol. The number of halogens is 1. The highest BCUT2D eigenvalue weighted by atomic mass is 19.1. The molecule has 5 nitrogen and oxygen atoms in total. The highest BCUT2D eigenvalue weighted by Crippen LogP contribution is 2.10. The van der Waals surface area contributed by atoms with E-state index in [9.17, 15) is 9.18 Å². The van der Waals surface area contributed by atoms with Crippen molar-refractivity contribution in [2.45, 2.75) is 19.4 Å². The minimum absolute atomic E-state index is 0.147. The molecule has 1 aromatic rings. The molecule has 6 heteroatoms. The summed E-state index contributed by atoms with van der Waals surface area (Å²) in [4.78, 5) is 16.4. The number of aryl methyl sites for hydroxylation is 1. The van der Waals surface area contributed by atoms with Crippen LogP contribution in [0.5, 0.6) is 0 Å². The smallest absolute Gasteiger partial charge is 0.314 e. The number of benzene rings is 1. The lowest BCUT2D eigenvalue weighted by Crippen LogP contribution is -2.55. The minimum atomic E-state index is -0.224. The summed E-state index contributed by atoms with van der Waals surface area (Å²) in [5.74, 6) is -0.224. The Balaban J connectivity index is 1.69. The lowest BCUT2D eigenvalue weighted by atomic mass is 10.1. The molecule has 2 amide bonds. The van der Waals surface area contributed by atoms with E-state index in [4.69, 9.17) is 0 Å². The summed E-state index contributed by atoms with van der Waals surface area (Å²) in [6.45, 7) is 6.12. The van der Waals surface area contributed by atoms with Crippen molar-refractivity contribution in [2.24, 2.45) is 0 Å². The number of carbonyl (C=O) groups is 1. The van der Waals surface area contributed by atoms with Crippen LogP contribution >= 0.6 is 0 Å². The van der Waals surface area contributed by atoms with Gasteiger partial charge in [0, 0.05) is 38.8 Å². The molecule has 1 aliphatic heterocycles. The van der Waals surface area contributed by atoms with Gasteiger partial charge < -0.3 is 15.5 Å². The number of urea groups is 1. The molecular weight excluding hydrogens is 295 g/mol. The number of carbonyl (C=O) groups excluding carboxylic acids is 1. The number of hydrogen-bond donors (Lipinski definition) is 2.